The predicted molar refractivity (Wildman–Crippen MR) is 50.6 cm³/mol. The Morgan fingerprint density at radius 3 is 2.25 bits per heavy atom. The number of rotatable bonds is 5. The maximum absolute atomic E-state index is 11.2. The molecule has 0 aromatic rings. The molecule has 16 heavy (non-hydrogen) atoms. The number of carbonyl (C=O) groups is 4. The van der Waals surface area contributed by atoms with Crippen molar-refractivity contribution in [3.05, 3.63) is 0 Å². The fourth-order valence-electron chi connectivity index (χ4n) is 1.39. The molecule has 0 bridgehead atoms. The predicted octanol–water partition coefficient (Wildman–Crippen LogP) is 0.0851. The summed E-state index contributed by atoms with van der Waals surface area (Å²) in [6.45, 7) is 0. The van der Waals surface area contributed by atoms with Crippen LogP contribution < -0.4 is 0 Å². The van der Waals surface area contributed by atoms with E-state index < -0.39 is 18.0 Å². The van der Waals surface area contributed by atoms with Gasteiger partial charge in [0.2, 0.25) is 6.10 Å². The summed E-state index contributed by atoms with van der Waals surface area (Å²) in [6.07, 6.45) is -1.11. The van der Waals surface area contributed by atoms with E-state index in [4.69, 9.17) is 5.11 Å². The highest BCUT2D eigenvalue weighted by Crippen LogP contribution is 2.15. The molecule has 1 aliphatic rings. The Balaban J connectivity index is 2.31. The number of carboxylic acid groups (broad SMARTS) is 1. The Kier molecular flexibility index (Phi) is 4.16. The number of carboxylic acids is 1. The van der Waals surface area contributed by atoms with E-state index in [2.05, 4.69) is 4.74 Å². The lowest BCUT2D eigenvalue weighted by atomic mass is 10.2. The van der Waals surface area contributed by atoms with Crippen LogP contribution in [0.25, 0.3) is 0 Å². The lowest BCUT2D eigenvalue weighted by Crippen LogP contribution is -2.28. The Bertz CT molecular complexity index is 316. The van der Waals surface area contributed by atoms with Crippen LogP contribution in [-0.4, -0.2) is 34.7 Å². The van der Waals surface area contributed by atoms with Crippen LogP contribution in [0.4, 0.5) is 0 Å². The Hall–Kier alpha value is -1.72. The van der Waals surface area contributed by atoms with Crippen molar-refractivity contribution in [2.24, 2.45) is 0 Å². The third kappa shape index (κ3) is 3.45. The molecule has 0 radical (unpaired) electrons. The zero-order chi connectivity index (χ0) is 12.1. The summed E-state index contributed by atoms with van der Waals surface area (Å²) in [4.78, 5) is 43.5. The van der Waals surface area contributed by atoms with Crippen LogP contribution >= 0.6 is 0 Å². The van der Waals surface area contributed by atoms with E-state index >= 15 is 0 Å². The lowest BCUT2D eigenvalue weighted by Gasteiger charge is -2.08. The second-order valence-corrected chi connectivity index (χ2v) is 3.55. The second-order valence-electron chi connectivity index (χ2n) is 3.55. The smallest absolute Gasteiger partial charge is 0.306 e. The maximum Gasteiger partial charge on any atom is 0.306 e. The van der Waals surface area contributed by atoms with Crippen molar-refractivity contribution >= 4 is 23.5 Å². The number of esters is 1. The number of hydrogen-bond acceptors (Lipinski definition) is 5. The summed E-state index contributed by atoms with van der Waals surface area (Å²) in [5.41, 5.74) is 0. The van der Waals surface area contributed by atoms with E-state index in [0.717, 1.165) is 0 Å². The number of Topliss-reactive ketones (excluding diaryl/α,β-unsaturated/α-hetero) is 2. The topological polar surface area (TPSA) is 97.7 Å². The zero-order valence-electron chi connectivity index (χ0n) is 8.60. The summed E-state index contributed by atoms with van der Waals surface area (Å²) >= 11 is 0. The van der Waals surface area contributed by atoms with Crippen molar-refractivity contribution in [2.75, 3.05) is 0 Å². The molecular formula is C10H12O6. The van der Waals surface area contributed by atoms with Crippen molar-refractivity contribution in [2.45, 2.75) is 38.2 Å². The van der Waals surface area contributed by atoms with Gasteiger partial charge >= 0.3 is 11.9 Å². The molecule has 0 spiro atoms. The van der Waals surface area contributed by atoms with Gasteiger partial charge in [-0.15, -0.1) is 0 Å². The molecule has 1 fully saturated rings. The summed E-state index contributed by atoms with van der Waals surface area (Å²) in [5.74, 6) is -2.45. The second kappa shape index (κ2) is 5.39. The first-order valence-corrected chi connectivity index (χ1v) is 4.97. The fraction of sp³-hybridized carbons (Fsp3) is 0.600. The van der Waals surface area contributed by atoms with Gasteiger partial charge in [-0.05, 0) is 6.42 Å². The van der Waals surface area contributed by atoms with Crippen molar-refractivity contribution in [3.8, 4) is 0 Å². The molecule has 6 nitrogen and oxygen atoms in total. The minimum Gasteiger partial charge on any atom is -0.481 e. The van der Waals surface area contributed by atoms with Crippen LogP contribution in [0.2, 0.25) is 0 Å². The molecule has 1 rings (SSSR count). The highest BCUT2D eigenvalue weighted by atomic mass is 16.6. The number of hydrogen-bond donors (Lipinski definition) is 1. The van der Waals surface area contributed by atoms with Crippen molar-refractivity contribution in [3.63, 3.8) is 0 Å². The molecule has 6 heteroatoms. The average molecular weight is 228 g/mol. The summed E-state index contributed by atoms with van der Waals surface area (Å²) in [5, 5.41) is 8.33. The van der Waals surface area contributed by atoms with Gasteiger partial charge in [0.15, 0.2) is 11.6 Å². The molecule has 0 aliphatic heterocycles. The Labute approximate surface area is 91.6 Å². The number of aliphatic carboxylic acids is 1. The van der Waals surface area contributed by atoms with E-state index in [1.807, 2.05) is 0 Å². The van der Waals surface area contributed by atoms with E-state index in [9.17, 15) is 19.2 Å². The first-order valence-electron chi connectivity index (χ1n) is 4.97. The maximum atomic E-state index is 11.2. The summed E-state index contributed by atoms with van der Waals surface area (Å²) in [6, 6.07) is 0. The average Bonchev–Trinajstić information content (AvgIpc) is 2.49. The van der Waals surface area contributed by atoms with Crippen molar-refractivity contribution in [1.29, 1.82) is 0 Å². The van der Waals surface area contributed by atoms with Gasteiger partial charge in [-0.25, -0.2) is 0 Å². The SMILES string of the molecule is O=C(O)CCCC(=O)OC1C(=O)CCC1=O. The molecule has 88 valence electrons. The van der Waals surface area contributed by atoms with Gasteiger partial charge in [-0.3, -0.25) is 19.2 Å². The fourth-order valence-corrected chi connectivity index (χ4v) is 1.39. The van der Waals surface area contributed by atoms with E-state index in [1.165, 1.54) is 0 Å². The molecule has 0 amide bonds. The standard InChI is InChI=1S/C10H12O6/c11-6-4-5-7(12)10(6)16-9(15)3-1-2-8(13)14/h10H,1-5H2,(H,13,14). The zero-order valence-corrected chi connectivity index (χ0v) is 8.60. The first kappa shape index (κ1) is 12.4. The molecule has 0 saturated heterocycles. The third-order valence-electron chi connectivity index (χ3n) is 2.22. The van der Waals surface area contributed by atoms with Crippen molar-refractivity contribution < 1.29 is 29.0 Å². The normalized spacial score (nSPS) is 16.5. The Morgan fingerprint density at radius 1 is 1.19 bits per heavy atom. The van der Waals surface area contributed by atoms with E-state index in [-0.39, 0.29) is 43.7 Å². The first-order chi connectivity index (χ1) is 7.50. The molecule has 0 heterocycles. The van der Waals surface area contributed by atoms with Crippen LogP contribution in [0.15, 0.2) is 0 Å². The van der Waals surface area contributed by atoms with Gasteiger partial charge in [0, 0.05) is 25.7 Å². The van der Waals surface area contributed by atoms with Gasteiger partial charge in [-0.1, -0.05) is 0 Å². The van der Waals surface area contributed by atoms with Crippen molar-refractivity contribution in [1.82, 2.24) is 0 Å². The molecule has 1 N–H and O–H groups in total. The highest BCUT2D eigenvalue weighted by molar-refractivity contribution is 6.12. The number of ketones is 2. The van der Waals surface area contributed by atoms with Gasteiger partial charge < -0.3 is 9.84 Å². The van der Waals surface area contributed by atoms with Crippen LogP contribution in [0.3, 0.4) is 0 Å². The monoisotopic (exact) mass is 228 g/mol. The third-order valence-corrected chi connectivity index (χ3v) is 2.22. The lowest BCUT2D eigenvalue weighted by molar-refractivity contribution is -0.157. The molecular weight excluding hydrogens is 216 g/mol. The molecule has 0 aromatic heterocycles. The molecule has 0 atom stereocenters. The molecule has 1 saturated carbocycles. The van der Waals surface area contributed by atoms with Crippen LogP contribution in [0.5, 0.6) is 0 Å². The van der Waals surface area contributed by atoms with E-state index in [0.29, 0.717) is 0 Å². The minimum atomic E-state index is -1.25. The van der Waals surface area contributed by atoms with Gasteiger partial charge in [-0.2, -0.15) is 0 Å². The van der Waals surface area contributed by atoms with Crippen LogP contribution in [-0.2, 0) is 23.9 Å². The van der Waals surface area contributed by atoms with Gasteiger partial charge in [0.1, 0.15) is 0 Å². The molecule has 1 aliphatic carbocycles. The van der Waals surface area contributed by atoms with Gasteiger partial charge in [0.05, 0.1) is 0 Å². The van der Waals surface area contributed by atoms with Gasteiger partial charge in [0.25, 0.3) is 0 Å². The summed E-state index contributed by atoms with van der Waals surface area (Å²) in [7, 11) is 0. The minimum absolute atomic E-state index is 0.0939. The largest absolute Gasteiger partial charge is 0.481 e. The Morgan fingerprint density at radius 2 is 1.75 bits per heavy atom. The number of carbonyl (C=O) groups excluding carboxylic acids is 3. The molecule has 0 aromatic carbocycles. The van der Waals surface area contributed by atoms with Crippen LogP contribution in [0.1, 0.15) is 32.1 Å². The highest BCUT2D eigenvalue weighted by Gasteiger charge is 2.35. The molecule has 0 unspecified atom stereocenters. The summed E-state index contributed by atoms with van der Waals surface area (Å²) < 4.78 is 4.69. The van der Waals surface area contributed by atoms with E-state index in [1.54, 1.807) is 0 Å². The number of ether oxygens (including phenoxy) is 1. The van der Waals surface area contributed by atoms with Crippen LogP contribution in [0, 0.1) is 0 Å². The quantitative estimate of drug-likeness (QED) is 0.528.